The zero-order valence-electron chi connectivity index (χ0n) is 58.8. The Morgan fingerprint density at radius 3 is 0.789 bits per heavy atom. The first-order valence-corrected chi connectivity index (χ1v) is 39.8. The predicted molar refractivity (Wildman–Crippen MR) is 363 cm³/mol. The molecule has 0 heterocycles. The maximum Gasteiger partial charge on any atom is 0.472 e. The van der Waals surface area contributed by atoms with Crippen LogP contribution in [0.2, 0.25) is 0 Å². The van der Waals surface area contributed by atoms with E-state index in [1.165, 1.54) is 148 Å². The molecular formula is C71H138O17P2. The van der Waals surface area contributed by atoms with Gasteiger partial charge < -0.3 is 33.8 Å². The van der Waals surface area contributed by atoms with Crippen molar-refractivity contribution in [3.05, 3.63) is 0 Å². The van der Waals surface area contributed by atoms with Crippen LogP contribution >= 0.6 is 15.6 Å². The fourth-order valence-corrected chi connectivity index (χ4v) is 12.1. The maximum absolute atomic E-state index is 13.0. The van der Waals surface area contributed by atoms with Gasteiger partial charge in [-0.2, -0.15) is 0 Å². The van der Waals surface area contributed by atoms with Crippen molar-refractivity contribution in [2.24, 2.45) is 23.7 Å². The van der Waals surface area contributed by atoms with Crippen LogP contribution in [0.3, 0.4) is 0 Å². The second-order valence-electron chi connectivity index (χ2n) is 26.8. The number of phosphoric acid groups is 2. The van der Waals surface area contributed by atoms with Crippen molar-refractivity contribution in [1.82, 2.24) is 0 Å². The van der Waals surface area contributed by atoms with Crippen LogP contribution in [0, 0.1) is 23.7 Å². The van der Waals surface area contributed by atoms with Crippen LogP contribution in [0.5, 0.6) is 0 Å². The summed E-state index contributed by atoms with van der Waals surface area (Å²) in [6.45, 7) is 14.1. The number of carbonyl (C=O) groups is 4. The van der Waals surface area contributed by atoms with E-state index in [1.807, 2.05) is 0 Å². The molecule has 8 atom stereocenters. The van der Waals surface area contributed by atoms with Crippen molar-refractivity contribution in [3.63, 3.8) is 0 Å². The van der Waals surface area contributed by atoms with E-state index in [9.17, 15) is 43.2 Å². The molecular weight excluding hydrogens is 1190 g/mol. The Bertz CT molecular complexity index is 1790. The van der Waals surface area contributed by atoms with E-state index in [-0.39, 0.29) is 25.7 Å². The first-order valence-electron chi connectivity index (χ1n) is 36.8. The summed E-state index contributed by atoms with van der Waals surface area (Å²) >= 11 is 0. The lowest BCUT2D eigenvalue weighted by atomic mass is 9.99. The molecule has 0 fully saturated rings. The monoisotopic (exact) mass is 1320 g/mol. The predicted octanol–water partition coefficient (Wildman–Crippen LogP) is 20.1. The Kier molecular flexibility index (Phi) is 59.4. The van der Waals surface area contributed by atoms with E-state index in [2.05, 4.69) is 55.4 Å². The highest BCUT2D eigenvalue weighted by Crippen LogP contribution is 2.45. The molecule has 0 aromatic heterocycles. The van der Waals surface area contributed by atoms with Crippen LogP contribution in [0.25, 0.3) is 0 Å². The van der Waals surface area contributed by atoms with Crippen molar-refractivity contribution in [2.45, 2.75) is 369 Å². The van der Waals surface area contributed by atoms with Gasteiger partial charge in [0.25, 0.3) is 0 Å². The second-order valence-corrected chi connectivity index (χ2v) is 29.7. The van der Waals surface area contributed by atoms with E-state index >= 15 is 0 Å². The van der Waals surface area contributed by atoms with Crippen LogP contribution in [-0.4, -0.2) is 96.7 Å². The van der Waals surface area contributed by atoms with Crippen molar-refractivity contribution >= 4 is 39.5 Å². The maximum atomic E-state index is 13.0. The summed E-state index contributed by atoms with van der Waals surface area (Å²) in [7, 11) is -9.90. The third kappa shape index (κ3) is 61.0. The molecule has 3 N–H and O–H groups in total. The fourth-order valence-electron chi connectivity index (χ4n) is 10.6. The van der Waals surface area contributed by atoms with Crippen LogP contribution in [0.1, 0.15) is 351 Å². The number of rotatable bonds is 68. The lowest BCUT2D eigenvalue weighted by Gasteiger charge is -2.21. The molecule has 534 valence electrons. The van der Waals surface area contributed by atoms with E-state index < -0.39 is 97.5 Å². The minimum Gasteiger partial charge on any atom is -0.462 e. The molecule has 19 heteroatoms. The third-order valence-corrected chi connectivity index (χ3v) is 19.3. The molecule has 0 aromatic carbocycles. The lowest BCUT2D eigenvalue weighted by Crippen LogP contribution is -2.30. The van der Waals surface area contributed by atoms with Crippen LogP contribution < -0.4 is 0 Å². The highest BCUT2D eigenvalue weighted by atomic mass is 31.2. The van der Waals surface area contributed by atoms with Gasteiger partial charge in [0.2, 0.25) is 0 Å². The molecule has 5 unspecified atom stereocenters. The average molecular weight is 1330 g/mol. The van der Waals surface area contributed by atoms with Gasteiger partial charge in [0, 0.05) is 25.7 Å². The van der Waals surface area contributed by atoms with Crippen LogP contribution in [0.4, 0.5) is 0 Å². The molecule has 0 aliphatic rings. The van der Waals surface area contributed by atoms with Gasteiger partial charge in [-0.3, -0.25) is 37.3 Å². The largest absolute Gasteiger partial charge is 0.472 e. The molecule has 0 rings (SSSR count). The minimum absolute atomic E-state index is 0.102. The van der Waals surface area contributed by atoms with Gasteiger partial charge in [0.15, 0.2) is 12.2 Å². The minimum atomic E-state index is -4.95. The number of aliphatic hydroxyl groups is 1. The zero-order valence-corrected chi connectivity index (χ0v) is 60.6. The standard InChI is InChI=1S/C71H138O17P2/c1-9-62(6)48-40-32-24-21-22-25-35-43-51-68(73)81-57-66(87-70(75)53-45-37-26-20-18-16-14-12-13-15-17-19-23-31-39-47-61(4)5)59-85-89(77,78)83-55-65(72)56-84-90(79,80)86-60-67(88-71(76)54-46-38-30-28-34-42-50-64(8)11-3)58-82-69(74)52-44-36-29-27-33-41-49-63(7)10-2/h61-67,72H,9-60H2,1-8H3,(H,77,78)(H,79,80)/t62?,63?,64?,65-,66-,67-/m1/s1. The zero-order chi connectivity index (χ0) is 66.8. The molecule has 0 aromatic rings. The molecule has 17 nitrogen and oxygen atoms in total. The number of unbranched alkanes of at least 4 members (excludes halogenated alkanes) is 31. The summed E-state index contributed by atoms with van der Waals surface area (Å²) < 4.78 is 68.3. The van der Waals surface area contributed by atoms with Crippen molar-refractivity contribution in [1.29, 1.82) is 0 Å². The third-order valence-electron chi connectivity index (χ3n) is 17.4. The van der Waals surface area contributed by atoms with Crippen LogP contribution in [-0.2, 0) is 65.4 Å². The number of phosphoric ester groups is 2. The molecule has 0 spiro atoms. The smallest absolute Gasteiger partial charge is 0.462 e. The summed E-state index contributed by atoms with van der Waals surface area (Å²) in [5, 5.41) is 10.6. The average Bonchev–Trinajstić information content (AvgIpc) is 3.71. The SMILES string of the molecule is CCC(C)CCCCCCCCCCC(=O)OC[C@H](COP(=O)(O)OC[C@@H](O)COP(=O)(O)OC[C@@H](COC(=O)CCCCCCCCC(C)CC)OC(=O)CCCCCCCCC(C)CC)OC(=O)CCCCCCCCCCCCCCCCCC(C)C. The second kappa shape index (κ2) is 60.7. The summed E-state index contributed by atoms with van der Waals surface area (Å²) in [6, 6.07) is 0. The first kappa shape index (κ1) is 88.1. The van der Waals surface area contributed by atoms with Crippen molar-refractivity contribution < 1.29 is 80.2 Å². The van der Waals surface area contributed by atoms with Gasteiger partial charge in [0.1, 0.15) is 19.3 Å². The summed E-state index contributed by atoms with van der Waals surface area (Å²) in [5.41, 5.74) is 0. The Morgan fingerprint density at radius 1 is 0.311 bits per heavy atom. The molecule has 0 aliphatic carbocycles. The van der Waals surface area contributed by atoms with Crippen LogP contribution in [0.15, 0.2) is 0 Å². The molecule has 0 saturated heterocycles. The molecule has 0 radical (unpaired) electrons. The normalized spacial score (nSPS) is 15.2. The van der Waals surface area contributed by atoms with Crippen molar-refractivity contribution in [3.8, 4) is 0 Å². The first-order chi connectivity index (χ1) is 43.2. The number of carbonyl (C=O) groups excluding carboxylic acids is 4. The number of ether oxygens (including phenoxy) is 4. The van der Waals surface area contributed by atoms with Gasteiger partial charge in [-0.05, 0) is 49.4 Å². The van der Waals surface area contributed by atoms with Gasteiger partial charge in [0.05, 0.1) is 26.4 Å². The Labute approximate surface area is 549 Å². The summed E-state index contributed by atoms with van der Waals surface area (Å²) in [5.74, 6) is 0.899. The Morgan fingerprint density at radius 2 is 0.533 bits per heavy atom. The van der Waals surface area contributed by atoms with E-state index in [1.54, 1.807) is 0 Å². The molecule has 0 saturated carbocycles. The number of aliphatic hydroxyl groups excluding tert-OH is 1. The molecule has 0 amide bonds. The number of esters is 4. The topological polar surface area (TPSA) is 237 Å². The molecule has 0 bridgehead atoms. The highest BCUT2D eigenvalue weighted by molar-refractivity contribution is 7.47. The van der Waals surface area contributed by atoms with Crippen molar-refractivity contribution in [2.75, 3.05) is 39.6 Å². The fraction of sp³-hybridized carbons (Fsp3) is 0.944. The quantitative estimate of drug-likeness (QED) is 0.0222. The van der Waals surface area contributed by atoms with E-state index in [0.717, 1.165) is 120 Å². The summed E-state index contributed by atoms with van der Waals surface area (Å²) in [6.07, 6.45) is 43.1. The molecule has 90 heavy (non-hydrogen) atoms. The highest BCUT2D eigenvalue weighted by Gasteiger charge is 2.30. The Balaban J connectivity index is 5.24. The van der Waals surface area contributed by atoms with Gasteiger partial charge in [-0.15, -0.1) is 0 Å². The number of hydrogen-bond donors (Lipinski definition) is 3. The molecule has 0 aliphatic heterocycles. The van der Waals surface area contributed by atoms with E-state index in [4.69, 9.17) is 37.0 Å². The lowest BCUT2D eigenvalue weighted by molar-refractivity contribution is -0.161. The van der Waals surface area contributed by atoms with Gasteiger partial charge in [-0.1, -0.05) is 299 Å². The summed E-state index contributed by atoms with van der Waals surface area (Å²) in [4.78, 5) is 72.5. The number of hydrogen-bond acceptors (Lipinski definition) is 15. The van der Waals surface area contributed by atoms with E-state index in [0.29, 0.717) is 25.7 Å². The van der Waals surface area contributed by atoms with Gasteiger partial charge in [-0.25, -0.2) is 9.13 Å². The van der Waals surface area contributed by atoms with Gasteiger partial charge >= 0.3 is 39.5 Å². The Hall–Kier alpha value is -1.94.